The Balaban J connectivity index is 1.69. The molecular formula is C16H21N3O3. The quantitative estimate of drug-likeness (QED) is 0.725. The third kappa shape index (κ3) is 2.43. The highest BCUT2D eigenvalue weighted by atomic mass is 16.3. The lowest BCUT2D eigenvalue weighted by Gasteiger charge is -2.42. The normalized spacial score (nSPS) is 22.4. The van der Waals surface area contributed by atoms with E-state index in [4.69, 9.17) is 5.73 Å². The van der Waals surface area contributed by atoms with Gasteiger partial charge >= 0.3 is 6.03 Å². The van der Waals surface area contributed by atoms with Crippen LogP contribution in [0, 0.1) is 0 Å². The smallest absolute Gasteiger partial charge is 0.312 e. The summed E-state index contributed by atoms with van der Waals surface area (Å²) in [6.07, 6.45) is 1.79. The summed E-state index contributed by atoms with van der Waals surface area (Å²) >= 11 is 0. The highest BCUT2D eigenvalue weighted by Gasteiger charge is 2.47. The van der Waals surface area contributed by atoms with Gasteiger partial charge in [0.2, 0.25) is 5.91 Å². The number of nitrogens with two attached hydrogens (primary N) is 1. The topological polar surface area (TPSA) is 95.7 Å². The van der Waals surface area contributed by atoms with E-state index in [1.807, 2.05) is 12.1 Å². The van der Waals surface area contributed by atoms with E-state index >= 15 is 0 Å². The molecule has 1 spiro atoms. The van der Waals surface area contributed by atoms with Gasteiger partial charge in [0.25, 0.3) is 0 Å². The van der Waals surface area contributed by atoms with Crippen LogP contribution in [0.5, 0.6) is 0 Å². The molecule has 1 aliphatic carbocycles. The second-order valence-electron chi connectivity index (χ2n) is 6.13. The summed E-state index contributed by atoms with van der Waals surface area (Å²) < 4.78 is 0. The van der Waals surface area contributed by atoms with Crippen LogP contribution in [0.25, 0.3) is 0 Å². The van der Waals surface area contributed by atoms with Gasteiger partial charge in [-0.1, -0.05) is 24.3 Å². The van der Waals surface area contributed by atoms with Crippen molar-refractivity contribution in [1.29, 1.82) is 0 Å². The SMILES string of the molecule is NC(=O)NCC(=O)N1CCC2(CC1)c1ccccc1C[C@H]2O. The Morgan fingerprint density at radius 3 is 2.68 bits per heavy atom. The van der Waals surface area contributed by atoms with Crippen LogP contribution in [0.2, 0.25) is 0 Å². The number of rotatable bonds is 2. The van der Waals surface area contributed by atoms with Crippen LogP contribution in [-0.2, 0) is 16.6 Å². The summed E-state index contributed by atoms with van der Waals surface area (Å²) in [5.74, 6) is -0.130. The molecule has 0 unspecified atom stereocenters. The number of hydrogen-bond acceptors (Lipinski definition) is 3. The first-order chi connectivity index (χ1) is 10.5. The number of hydrogen-bond donors (Lipinski definition) is 3. The summed E-state index contributed by atoms with van der Waals surface area (Å²) in [4.78, 5) is 24.4. The van der Waals surface area contributed by atoms with Gasteiger partial charge in [-0.15, -0.1) is 0 Å². The number of amides is 3. The lowest BCUT2D eigenvalue weighted by molar-refractivity contribution is -0.132. The molecule has 1 aliphatic heterocycles. The predicted octanol–water partition coefficient (Wildman–Crippen LogP) is 0.132. The number of urea groups is 1. The van der Waals surface area contributed by atoms with E-state index in [1.54, 1.807) is 4.90 Å². The summed E-state index contributed by atoms with van der Waals surface area (Å²) in [5.41, 5.74) is 7.19. The summed E-state index contributed by atoms with van der Waals surface area (Å²) in [5, 5.41) is 12.9. The van der Waals surface area contributed by atoms with Crippen molar-refractivity contribution >= 4 is 11.9 Å². The number of aliphatic hydroxyl groups is 1. The van der Waals surface area contributed by atoms with Crippen molar-refractivity contribution in [2.75, 3.05) is 19.6 Å². The third-order valence-corrected chi connectivity index (χ3v) is 5.03. The van der Waals surface area contributed by atoms with E-state index < -0.39 is 6.03 Å². The highest BCUT2D eigenvalue weighted by Crippen LogP contribution is 2.46. The van der Waals surface area contributed by atoms with Crippen molar-refractivity contribution in [2.45, 2.75) is 30.8 Å². The fourth-order valence-electron chi connectivity index (χ4n) is 3.80. The maximum absolute atomic E-state index is 12.0. The second kappa shape index (κ2) is 5.61. The van der Waals surface area contributed by atoms with Crippen LogP contribution in [0.1, 0.15) is 24.0 Å². The van der Waals surface area contributed by atoms with Crippen molar-refractivity contribution in [3.63, 3.8) is 0 Å². The fourth-order valence-corrected chi connectivity index (χ4v) is 3.80. The van der Waals surface area contributed by atoms with E-state index in [0.717, 1.165) is 12.8 Å². The summed E-state index contributed by atoms with van der Waals surface area (Å²) in [7, 11) is 0. The van der Waals surface area contributed by atoms with Gasteiger partial charge in [0.1, 0.15) is 0 Å². The summed E-state index contributed by atoms with van der Waals surface area (Å²) in [6, 6.07) is 7.48. The zero-order valence-electron chi connectivity index (χ0n) is 12.4. The lowest BCUT2D eigenvalue weighted by atomic mass is 9.72. The molecule has 1 aromatic rings. The van der Waals surface area contributed by atoms with Crippen LogP contribution < -0.4 is 11.1 Å². The molecule has 6 heteroatoms. The Bertz CT molecular complexity index is 594. The fraction of sp³-hybridized carbons (Fsp3) is 0.500. The van der Waals surface area contributed by atoms with Crippen molar-refractivity contribution < 1.29 is 14.7 Å². The maximum atomic E-state index is 12.0. The molecule has 1 fully saturated rings. The molecule has 2 aliphatic rings. The average molecular weight is 303 g/mol. The molecule has 3 rings (SSSR count). The number of nitrogens with zero attached hydrogens (tertiary/aromatic N) is 1. The number of benzene rings is 1. The Hall–Kier alpha value is -2.08. The number of carbonyl (C=O) groups is 2. The second-order valence-corrected chi connectivity index (χ2v) is 6.13. The molecule has 0 saturated carbocycles. The molecule has 6 nitrogen and oxygen atoms in total. The van der Waals surface area contributed by atoms with Gasteiger partial charge in [-0.3, -0.25) is 4.79 Å². The molecule has 0 radical (unpaired) electrons. The lowest BCUT2D eigenvalue weighted by Crippen LogP contribution is -2.51. The van der Waals surface area contributed by atoms with Crippen LogP contribution >= 0.6 is 0 Å². The van der Waals surface area contributed by atoms with Crippen molar-refractivity contribution in [3.8, 4) is 0 Å². The first kappa shape index (κ1) is 14.8. The Morgan fingerprint density at radius 2 is 2.00 bits per heavy atom. The molecule has 22 heavy (non-hydrogen) atoms. The van der Waals surface area contributed by atoms with E-state index in [0.29, 0.717) is 19.5 Å². The number of nitrogens with one attached hydrogen (secondary N) is 1. The molecule has 0 aromatic heterocycles. The third-order valence-electron chi connectivity index (χ3n) is 5.03. The van der Waals surface area contributed by atoms with Gasteiger partial charge in [-0.2, -0.15) is 0 Å². The van der Waals surface area contributed by atoms with Crippen LogP contribution in [0.3, 0.4) is 0 Å². The molecule has 3 amide bonds. The molecular weight excluding hydrogens is 282 g/mol. The van der Waals surface area contributed by atoms with Gasteiger partial charge in [-0.05, 0) is 30.4 Å². The predicted molar refractivity (Wildman–Crippen MR) is 81.2 cm³/mol. The van der Waals surface area contributed by atoms with E-state index in [-0.39, 0.29) is 24.0 Å². The minimum absolute atomic E-state index is 0.0680. The number of likely N-dealkylation sites (tertiary alicyclic amines) is 1. The van der Waals surface area contributed by atoms with Crippen LogP contribution in [0.15, 0.2) is 24.3 Å². The molecule has 1 heterocycles. The largest absolute Gasteiger partial charge is 0.392 e. The number of aliphatic hydroxyl groups excluding tert-OH is 1. The monoisotopic (exact) mass is 303 g/mol. The van der Waals surface area contributed by atoms with E-state index in [2.05, 4.69) is 17.4 Å². The number of piperidine rings is 1. The van der Waals surface area contributed by atoms with Gasteiger partial charge < -0.3 is 21.1 Å². The zero-order valence-corrected chi connectivity index (χ0v) is 12.4. The van der Waals surface area contributed by atoms with E-state index in [9.17, 15) is 14.7 Å². The van der Waals surface area contributed by atoms with E-state index in [1.165, 1.54) is 11.1 Å². The molecule has 4 N–H and O–H groups in total. The van der Waals surface area contributed by atoms with Gasteiger partial charge in [0.15, 0.2) is 0 Å². The van der Waals surface area contributed by atoms with Crippen LogP contribution in [0.4, 0.5) is 4.79 Å². The number of fused-ring (bicyclic) bond motifs is 2. The van der Waals surface area contributed by atoms with Crippen molar-refractivity contribution in [1.82, 2.24) is 10.2 Å². The molecule has 1 aromatic carbocycles. The standard InChI is InChI=1S/C16H21N3O3/c17-15(22)18-10-14(21)19-7-5-16(6-8-19)12-4-2-1-3-11(12)9-13(16)20/h1-4,13,20H,5-10H2,(H3,17,18,22)/t13-/m1/s1. The minimum atomic E-state index is -0.693. The first-order valence-corrected chi connectivity index (χ1v) is 7.60. The molecule has 1 saturated heterocycles. The first-order valence-electron chi connectivity index (χ1n) is 7.60. The van der Waals surface area contributed by atoms with Crippen molar-refractivity contribution in [3.05, 3.63) is 35.4 Å². The average Bonchev–Trinajstić information content (AvgIpc) is 2.78. The van der Waals surface area contributed by atoms with Gasteiger partial charge in [0.05, 0.1) is 12.6 Å². The van der Waals surface area contributed by atoms with Crippen molar-refractivity contribution in [2.24, 2.45) is 5.73 Å². The number of carbonyl (C=O) groups excluding carboxylic acids is 2. The zero-order chi connectivity index (χ0) is 15.7. The van der Waals surface area contributed by atoms with Gasteiger partial charge in [-0.25, -0.2) is 4.79 Å². The molecule has 118 valence electrons. The molecule has 0 bridgehead atoms. The Morgan fingerprint density at radius 1 is 1.32 bits per heavy atom. The Labute approximate surface area is 129 Å². The molecule has 1 atom stereocenters. The minimum Gasteiger partial charge on any atom is -0.392 e. The summed E-state index contributed by atoms with van der Waals surface area (Å²) in [6.45, 7) is 1.11. The Kier molecular flexibility index (Phi) is 3.78. The highest BCUT2D eigenvalue weighted by molar-refractivity contribution is 5.83. The number of primary amides is 1. The maximum Gasteiger partial charge on any atom is 0.312 e. The van der Waals surface area contributed by atoms with Gasteiger partial charge in [0, 0.05) is 18.5 Å². The van der Waals surface area contributed by atoms with Crippen LogP contribution in [-0.4, -0.2) is 47.7 Å².